The summed E-state index contributed by atoms with van der Waals surface area (Å²) < 4.78 is 10.7. The zero-order valence-corrected chi connectivity index (χ0v) is 17.4. The van der Waals surface area contributed by atoms with E-state index in [1.54, 1.807) is 12.1 Å². The zero-order valence-electron chi connectivity index (χ0n) is 15.9. The summed E-state index contributed by atoms with van der Waals surface area (Å²) in [6.07, 6.45) is 0. The van der Waals surface area contributed by atoms with Gasteiger partial charge in [0.05, 0.1) is 11.4 Å². The third-order valence-corrected chi connectivity index (χ3v) is 5.66. The topological polar surface area (TPSA) is 88.5 Å². The number of aromatic nitrogens is 3. The number of nitrogens with zero attached hydrogens (tertiary/aromatic N) is 5. The highest BCUT2D eigenvalue weighted by molar-refractivity contribution is 7.99. The number of carbonyl (C=O) groups is 1. The van der Waals surface area contributed by atoms with Gasteiger partial charge < -0.3 is 13.8 Å². The summed E-state index contributed by atoms with van der Waals surface area (Å²) in [5.74, 6) is 1.56. The highest BCUT2D eigenvalue weighted by Crippen LogP contribution is 2.24. The van der Waals surface area contributed by atoms with Gasteiger partial charge in [-0.15, -0.1) is 10.2 Å². The molecule has 29 heavy (non-hydrogen) atoms. The maximum Gasteiger partial charge on any atom is 0.277 e. The van der Waals surface area contributed by atoms with Crippen molar-refractivity contribution in [3.8, 4) is 11.5 Å². The van der Waals surface area contributed by atoms with Crippen molar-refractivity contribution in [3.63, 3.8) is 0 Å². The van der Waals surface area contributed by atoms with E-state index in [4.69, 9.17) is 20.5 Å². The van der Waals surface area contributed by atoms with Crippen LogP contribution in [0.4, 0.5) is 0 Å². The second-order valence-corrected chi connectivity index (χ2v) is 8.12. The smallest absolute Gasteiger partial charge is 0.277 e. The minimum absolute atomic E-state index is 0.0678. The summed E-state index contributed by atoms with van der Waals surface area (Å²) in [5.41, 5.74) is 1.71. The summed E-state index contributed by atoms with van der Waals surface area (Å²) in [5, 5.41) is 13.1. The first-order chi connectivity index (χ1) is 14.1. The number of halogens is 1. The average molecular weight is 434 g/mol. The Morgan fingerprint density at radius 3 is 2.62 bits per heavy atom. The van der Waals surface area contributed by atoms with Gasteiger partial charge in [-0.3, -0.25) is 9.69 Å². The first-order valence-corrected chi connectivity index (χ1v) is 10.6. The van der Waals surface area contributed by atoms with E-state index in [2.05, 4.69) is 20.3 Å². The molecule has 2 aromatic heterocycles. The van der Waals surface area contributed by atoms with Crippen LogP contribution >= 0.6 is 23.4 Å². The van der Waals surface area contributed by atoms with Crippen molar-refractivity contribution in [2.24, 2.45) is 0 Å². The van der Waals surface area contributed by atoms with E-state index in [0.717, 1.165) is 36.7 Å². The Hall–Kier alpha value is -2.36. The molecule has 0 saturated carbocycles. The van der Waals surface area contributed by atoms with Gasteiger partial charge in [0.15, 0.2) is 0 Å². The minimum Gasteiger partial charge on any atom is -0.411 e. The van der Waals surface area contributed by atoms with Crippen LogP contribution in [0.2, 0.25) is 5.02 Å². The molecule has 152 valence electrons. The third kappa shape index (κ3) is 5.17. The van der Waals surface area contributed by atoms with Crippen molar-refractivity contribution in [1.29, 1.82) is 0 Å². The molecule has 1 aromatic carbocycles. The fourth-order valence-electron chi connectivity index (χ4n) is 3.07. The number of carbonyl (C=O) groups excluding carboxylic acids is 1. The molecule has 0 atom stereocenters. The minimum atomic E-state index is 0.0678. The van der Waals surface area contributed by atoms with E-state index in [0.29, 0.717) is 29.2 Å². The van der Waals surface area contributed by atoms with E-state index in [1.165, 1.54) is 11.8 Å². The lowest BCUT2D eigenvalue weighted by atomic mass is 10.2. The van der Waals surface area contributed by atoms with Crippen LogP contribution in [0.1, 0.15) is 11.5 Å². The summed E-state index contributed by atoms with van der Waals surface area (Å²) in [7, 11) is 0. The molecule has 0 N–H and O–H groups in total. The Balaban J connectivity index is 1.24. The number of rotatable bonds is 6. The molecule has 1 amide bonds. The van der Waals surface area contributed by atoms with Gasteiger partial charge in [0.2, 0.25) is 11.8 Å². The van der Waals surface area contributed by atoms with Crippen molar-refractivity contribution in [1.82, 2.24) is 25.2 Å². The second kappa shape index (κ2) is 8.98. The quantitative estimate of drug-likeness (QED) is 0.548. The number of hydrogen-bond donors (Lipinski definition) is 0. The standard InChI is InChI=1S/C19H20ClN5O3S/c1-13-10-16(23-28-13)11-24-6-8-25(9-7-24)17(26)12-29-19-22-21-18(27-19)14-2-4-15(20)5-3-14/h2-5,10H,6-9,11-12H2,1H3. The van der Waals surface area contributed by atoms with Crippen LogP contribution < -0.4 is 0 Å². The number of aryl methyl sites for hydroxylation is 1. The number of thioether (sulfide) groups is 1. The molecule has 8 nitrogen and oxygen atoms in total. The first kappa shape index (κ1) is 19.9. The lowest BCUT2D eigenvalue weighted by molar-refractivity contribution is -0.130. The fraction of sp³-hybridized carbons (Fsp3) is 0.368. The van der Waals surface area contributed by atoms with Gasteiger partial charge in [-0.2, -0.15) is 0 Å². The molecule has 1 saturated heterocycles. The zero-order chi connectivity index (χ0) is 20.2. The van der Waals surface area contributed by atoms with E-state index in [-0.39, 0.29) is 11.7 Å². The molecule has 10 heteroatoms. The summed E-state index contributed by atoms with van der Waals surface area (Å²) in [4.78, 5) is 16.6. The SMILES string of the molecule is Cc1cc(CN2CCN(C(=O)CSc3nnc(-c4ccc(Cl)cc4)o3)CC2)no1. The molecule has 0 spiro atoms. The fourth-order valence-corrected chi connectivity index (χ4v) is 3.86. The molecular formula is C19H20ClN5O3S. The van der Waals surface area contributed by atoms with Gasteiger partial charge >= 0.3 is 0 Å². The average Bonchev–Trinajstić information content (AvgIpc) is 3.36. The van der Waals surface area contributed by atoms with Crippen LogP contribution in [-0.2, 0) is 11.3 Å². The van der Waals surface area contributed by atoms with Crippen LogP contribution in [0.15, 0.2) is 44.5 Å². The number of piperazine rings is 1. The molecule has 0 aliphatic carbocycles. The number of amides is 1. The van der Waals surface area contributed by atoms with Gasteiger partial charge in [0.1, 0.15) is 5.76 Å². The van der Waals surface area contributed by atoms with Crippen LogP contribution in [-0.4, -0.2) is 63.0 Å². The molecule has 1 aliphatic rings. The van der Waals surface area contributed by atoms with E-state index < -0.39 is 0 Å². The highest BCUT2D eigenvalue weighted by Gasteiger charge is 2.22. The molecule has 0 unspecified atom stereocenters. The summed E-state index contributed by atoms with van der Waals surface area (Å²) >= 11 is 7.14. The van der Waals surface area contributed by atoms with Gasteiger partial charge in [0.25, 0.3) is 5.22 Å². The van der Waals surface area contributed by atoms with Crippen molar-refractivity contribution in [2.75, 3.05) is 31.9 Å². The van der Waals surface area contributed by atoms with Gasteiger partial charge in [-0.05, 0) is 31.2 Å². The molecule has 0 bridgehead atoms. The van der Waals surface area contributed by atoms with Crippen LogP contribution in [0, 0.1) is 6.92 Å². The van der Waals surface area contributed by atoms with Crippen LogP contribution in [0.3, 0.4) is 0 Å². The largest absolute Gasteiger partial charge is 0.411 e. The lowest BCUT2D eigenvalue weighted by Gasteiger charge is -2.34. The van der Waals surface area contributed by atoms with E-state index in [9.17, 15) is 4.79 Å². The molecule has 0 radical (unpaired) electrons. The lowest BCUT2D eigenvalue weighted by Crippen LogP contribution is -2.48. The summed E-state index contributed by atoms with van der Waals surface area (Å²) in [6, 6.07) is 9.10. The maximum absolute atomic E-state index is 12.5. The van der Waals surface area contributed by atoms with Crippen molar-refractivity contribution in [2.45, 2.75) is 18.7 Å². The van der Waals surface area contributed by atoms with Crippen molar-refractivity contribution in [3.05, 3.63) is 46.8 Å². The van der Waals surface area contributed by atoms with Gasteiger partial charge in [-0.1, -0.05) is 28.5 Å². The molecule has 1 fully saturated rings. The molecule has 3 aromatic rings. The first-order valence-electron chi connectivity index (χ1n) is 9.21. The van der Waals surface area contributed by atoms with Crippen LogP contribution in [0.25, 0.3) is 11.5 Å². The van der Waals surface area contributed by atoms with Crippen LogP contribution in [0.5, 0.6) is 0 Å². The number of benzene rings is 1. The Kier molecular flexibility index (Phi) is 6.17. The van der Waals surface area contributed by atoms with E-state index >= 15 is 0 Å². The van der Waals surface area contributed by atoms with Crippen molar-refractivity contribution >= 4 is 29.3 Å². The Labute approximate surface area is 177 Å². The maximum atomic E-state index is 12.5. The van der Waals surface area contributed by atoms with Crippen molar-refractivity contribution < 1.29 is 13.7 Å². The molecule has 3 heterocycles. The second-order valence-electron chi connectivity index (χ2n) is 6.75. The molecule has 4 rings (SSSR count). The third-order valence-electron chi connectivity index (χ3n) is 4.60. The molecular weight excluding hydrogens is 414 g/mol. The Bertz CT molecular complexity index is 966. The summed E-state index contributed by atoms with van der Waals surface area (Å²) in [6.45, 7) is 5.62. The normalized spacial score (nSPS) is 15.0. The highest BCUT2D eigenvalue weighted by atomic mass is 35.5. The Morgan fingerprint density at radius 1 is 1.17 bits per heavy atom. The molecule has 1 aliphatic heterocycles. The van der Waals surface area contributed by atoms with Gasteiger partial charge in [0, 0.05) is 49.4 Å². The monoisotopic (exact) mass is 433 g/mol. The number of hydrogen-bond acceptors (Lipinski definition) is 8. The van der Waals surface area contributed by atoms with E-state index in [1.807, 2.05) is 30.0 Å². The predicted octanol–water partition coefficient (Wildman–Crippen LogP) is 3.12. The predicted molar refractivity (Wildman–Crippen MR) is 109 cm³/mol. The Morgan fingerprint density at radius 2 is 1.93 bits per heavy atom. The van der Waals surface area contributed by atoms with Gasteiger partial charge in [-0.25, -0.2) is 0 Å².